The molecule has 0 saturated carbocycles. The topological polar surface area (TPSA) is 33.7 Å². The van der Waals surface area contributed by atoms with Gasteiger partial charge in [-0.05, 0) is 24.6 Å². The van der Waals surface area contributed by atoms with Gasteiger partial charge >= 0.3 is 0 Å². The summed E-state index contributed by atoms with van der Waals surface area (Å²) in [6, 6.07) is 6.85. The van der Waals surface area contributed by atoms with Gasteiger partial charge in [0.2, 0.25) is 0 Å². The maximum absolute atomic E-state index is 5.62. The van der Waals surface area contributed by atoms with Crippen LogP contribution in [0.15, 0.2) is 18.2 Å². The zero-order valence-electron chi connectivity index (χ0n) is 10.8. The highest BCUT2D eigenvalue weighted by Crippen LogP contribution is 2.31. The number of hydrogen-bond acceptors (Lipinski definition) is 4. The zero-order valence-corrected chi connectivity index (χ0v) is 10.8. The largest absolute Gasteiger partial charge is 0.486 e. The molecule has 0 spiro atoms. The molecule has 1 saturated heterocycles. The molecule has 2 aliphatic heterocycles. The Labute approximate surface area is 108 Å². The van der Waals surface area contributed by atoms with E-state index >= 15 is 0 Å². The summed E-state index contributed by atoms with van der Waals surface area (Å²) in [6.07, 6.45) is 0. The van der Waals surface area contributed by atoms with Gasteiger partial charge in [-0.15, -0.1) is 0 Å². The summed E-state index contributed by atoms with van der Waals surface area (Å²) in [6.45, 7) is 7.82. The van der Waals surface area contributed by atoms with Crippen LogP contribution in [0.25, 0.3) is 0 Å². The van der Waals surface area contributed by atoms with Gasteiger partial charge in [-0.3, -0.25) is 4.90 Å². The Morgan fingerprint density at radius 2 is 2.11 bits per heavy atom. The molecule has 2 aliphatic rings. The molecule has 4 nitrogen and oxygen atoms in total. The molecule has 0 amide bonds. The highest BCUT2D eigenvalue weighted by atomic mass is 16.6. The van der Waals surface area contributed by atoms with Gasteiger partial charge in [0.25, 0.3) is 0 Å². The minimum atomic E-state index is 0.580. The van der Waals surface area contributed by atoms with Crippen LogP contribution in [0.3, 0.4) is 0 Å². The smallest absolute Gasteiger partial charge is 0.161 e. The van der Waals surface area contributed by atoms with Gasteiger partial charge in [0.15, 0.2) is 11.5 Å². The van der Waals surface area contributed by atoms with Crippen molar-refractivity contribution in [1.82, 2.24) is 10.2 Å². The third-order valence-electron chi connectivity index (χ3n) is 3.47. The third kappa shape index (κ3) is 2.60. The average molecular weight is 248 g/mol. The van der Waals surface area contributed by atoms with E-state index in [2.05, 4.69) is 29.3 Å². The molecule has 3 rings (SSSR count). The number of rotatable bonds is 2. The Kier molecular flexibility index (Phi) is 3.39. The lowest BCUT2D eigenvalue weighted by molar-refractivity contribution is 0.170. The summed E-state index contributed by atoms with van der Waals surface area (Å²) in [5, 5.41) is 3.46. The number of piperazine rings is 1. The Morgan fingerprint density at radius 1 is 1.28 bits per heavy atom. The van der Waals surface area contributed by atoms with Crippen LogP contribution in [0.1, 0.15) is 12.5 Å². The molecule has 1 atom stereocenters. The highest BCUT2D eigenvalue weighted by molar-refractivity contribution is 5.43. The first kappa shape index (κ1) is 11.8. The number of fused-ring (bicyclic) bond motifs is 1. The van der Waals surface area contributed by atoms with Gasteiger partial charge < -0.3 is 14.8 Å². The molecule has 0 unspecified atom stereocenters. The van der Waals surface area contributed by atoms with Crippen LogP contribution in [0.4, 0.5) is 0 Å². The first-order chi connectivity index (χ1) is 8.81. The minimum absolute atomic E-state index is 0.580. The molecule has 2 heterocycles. The van der Waals surface area contributed by atoms with E-state index < -0.39 is 0 Å². The van der Waals surface area contributed by atoms with E-state index in [0.717, 1.165) is 37.7 Å². The first-order valence-electron chi connectivity index (χ1n) is 6.65. The van der Waals surface area contributed by atoms with Gasteiger partial charge in [-0.25, -0.2) is 0 Å². The van der Waals surface area contributed by atoms with Gasteiger partial charge in [0, 0.05) is 32.2 Å². The van der Waals surface area contributed by atoms with Crippen LogP contribution < -0.4 is 14.8 Å². The quantitative estimate of drug-likeness (QED) is 0.854. The van der Waals surface area contributed by atoms with Crippen LogP contribution in [0, 0.1) is 0 Å². The van der Waals surface area contributed by atoms with Crippen LogP contribution in [-0.2, 0) is 6.54 Å². The van der Waals surface area contributed by atoms with E-state index in [0.29, 0.717) is 19.3 Å². The Bertz CT molecular complexity index is 422. The van der Waals surface area contributed by atoms with E-state index in [9.17, 15) is 0 Å². The molecule has 1 fully saturated rings. The normalized spacial score (nSPS) is 23.9. The van der Waals surface area contributed by atoms with E-state index in [-0.39, 0.29) is 0 Å². The van der Waals surface area contributed by atoms with Crippen molar-refractivity contribution in [2.45, 2.75) is 19.5 Å². The molecule has 1 N–H and O–H groups in total. The SMILES string of the molecule is C[C@H]1CN(Cc2ccc3c(c2)OCCO3)CCN1. The molecule has 98 valence electrons. The van der Waals surface area contributed by atoms with Gasteiger partial charge in [0.05, 0.1) is 0 Å². The van der Waals surface area contributed by atoms with Crippen LogP contribution in [0.2, 0.25) is 0 Å². The second kappa shape index (κ2) is 5.16. The standard InChI is InChI=1S/C14H20N2O2/c1-11-9-16(5-4-15-11)10-12-2-3-13-14(8-12)18-7-6-17-13/h2-3,8,11,15H,4-7,9-10H2,1H3/t11-/m0/s1. The van der Waals surface area contributed by atoms with Crippen LogP contribution in [0.5, 0.6) is 11.5 Å². The number of ether oxygens (including phenoxy) is 2. The molecule has 0 radical (unpaired) electrons. The fraction of sp³-hybridized carbons (Fsp3) is 0.571. The first-order valence-corrected chi connectivity index (χ1v) is 6.65. The molecular weight excluding hydrogens is 228 g/mol. The maximum atomic E-state index is 5.62. The van der Waals surface area contributed by atoms with Gasteiger partial charge in [-0.2, -0.15) is 0 Å². The van der Waals surface area contributed by atoms with E-state index in [1.807, 2.05) is 6.07 Å². The third-order valence-corrected chi connectivity index (χ3v) is 3.47. The fourth-order valence-electron chi connectivity index (χ4n) is 2.60. The molecule has 1 aromatic rings. The molecular formula is C14H20N2O2. The molecule has 18 heavy (non-hydrogen) atoms. The van der Waals surface area contributed by atoms with Crippen LogP contribution >= 0.6 is 0 Å². The summed E-state index contributed by atoms with van der Waals surface area (Å²) in [5.41, 5.74) is 1.30. The van der Waals surface area contributed by atoms with Crippen molar-refractivity contribution >= 4 is 0 Å². The van der Waals surface area contributed by atoms with Crippen molar-refractivity contribution < 1.29 is 9.47 Å². The number of hydrogen-bond donors (Lipinski definition) is 1. The second-order valence-corrected chi connectivity index (χ2v) is 5.07. The van der Waals surface area contributed by atoms with Crippen molar-refractivity contribution in [3.05, 3.63) is 23.8 Å². The maximum Gasteiger partial charge on any atom is 0.161 e. The Morgan fingerprint density at radius 3 is 2.94 bits per heavy atom. The summed E-state index contributed by atoms with van der Waals surface area (Å²) in [7, 11) is 0. The number of nitrogens with zero attached hydrogens (tertiary/aromatic N) is 1. The molecule has 0 aromatic heterocycles. The van der Waals surface area contributed by atoms with Crippen molar-refractivity contribution in [3.63, 3.8) is 0 Å². The summed E-state index contributed by atoms with van der Waals surface area (Å²) in [5.74, 6) is 1.76. The van der Waals surface area contributed by atoms with Gasteiger partial charge in [-0.1, -0.05) is 6.07 Å². The van der Waals surface area contributed by atoms with Crippen molar-refractivity contribution in [3.8, 4) is 11.5 Å². The van der Waals surface area contributed by atoms with E-state index in [1.54, 1.807) is 0 Å². The van der Waals surface area contributed by atoms with Gasteiger partial charge in [0.1, 0.15) is 13.2 Å². The Balaban J connectivity index is 1.69. The van der Waals surface area contributed by atoms with E-state index in [1.165, 1.54) is 5.56 Å². The lowest BCUT2D eigenvalue weighted by Crippen LogP contribution is -2.48. The van der Waals surface area contributed by atoms with Crippen molar-refractivity contribution in [2.75, 3.05) is 32.8 Å². The second-order valence-electron chi connectivity index (χ2n) is 5.07. The lowest BCUT2D eigenvalue weighted by atomic mass is 10.1. The van der Waals surface area contributed by atoms with E-state index in [4.69, 9.17) is 9.47 Å². The fourth-order valence-corrected chi connectivity index (χ4v) is 2.60. The molecule has 0 aliphatic carbocycles. The molecule has 4 heteroatoms. The zero-order chi connectivity index (χ0) is 12.4. The summed E-state index contributed by atoms with van der Waals surface area (Å²) < 4.78 is 11.2. The van der Waals surface area contributed by atoms with Crippen molar-refractivity contribution in [2.24, 2.45) is 0 Å². The summed E-state index contributed by atoms with van der Waals surface area (Å²) in [4.78, 5) is 2.48. The highest BCUT2D eigenvalue weighted by Gasteiger charge is 2.17. The lowest BCUT2D eigenvalue weighted by Gasteiger charge is -2.32. The van der Waals surface area contributed by atoms with Crippen LogP contribution in [-0.4, -0.2) is 43.8 Å². The monoisotopic (exact) mass is 248 g/mol. The molecule has 0 bridgehead atoms. The number of nitrogens with one attached hydrogen (secondary N) is 1. The average Bonchev–Trinajstić information content (AvgIpc) is 2.39. The predicted octanol–water partition coefficient (Wildman–Crippen LogP) is 1.25. The molecule has 1 aromatic carbocycles. The minimum Gasteiger partial charge on any atom is -0.486 e. The predicted molar refractivity (Wildman–Crippen MR) is 70.2 cm³/mol. The Hall–Kier alpha value is -1.26. The summed E-state index contributed by atoms with van der Waals surface area (Å²) >= 11 is 0. The van der Waals surface area contributed by atoms with Crippen molar-refractivity contribution in [1.29, 1.82) is 0 Å². The number of benzene rings is 1.